The predicted molar refractivity (Wildman–Crippen MR) is 112 cm³/mol. The number of alkyl halides is 3. The number of fused-ring (bicyclic) bond motifs is 1. The summed E-state index contributed by atoms with van der Waals surface area (Å²) in [5, 5.41) is 6.70. The van der Waals surface area contributed by atoms with Crippen molar-refractivity contribution < 1.29 is 22.7 Å². The van der Waals surface area contributed by atoms with Crippen LogP contribution in [0.4, 0.5) is 18.9 Å². The lowest BCUT2D eigenvalue weighted by molar-refractivity contribution is -0.142. The van der Waals surface area contributed by atoms with Crippen LogP contribution < -0.4 is 10.1 Å². The van der Waals surface area contributed by atoms with Crippen LogP contribution in [0.3, 0.4) is 0 Å². The van der Waals surface area contributed by atoms with Crippen LogP contribution in [0.1, 0.15) is 43.3 Å². The van der Waals surface area contributed by atoms with Crippen LogP contribution in [-0.4, -0.2) is 27.6 Å². The largest absolute Gasteiger partial charge is 0.495 e. The molecule has 0 bridgehead atoms. The lowest BCUT2D eigenvalue weighted by atomic mass is 9.87. The Kier molecular flexibility index (Phi) is 5.80. The van der Waals surface area contributed by atoms with Crippen molar-refractivity contribution >= 4 is 23.3 Å². The van der Waals surface area contributed by atoms with Gasteiger partial charge in [0.1, 0.15) is 11.4 Å². The first-order valence-corrected chi connectivity index (χ1v) is 9.51. The van der Waals surface area contributed by atoms with Crippen molar-refractivity contribution in [2.45, 2.75) is 39.3 Å². The number of anilines is 1. The molecule has 9 heteroatoms. The first-order valence-electron chi connectivity index (χ1n) is 9.51. The quantitative estimate of drug-likeness (QED) is 0.588. The van der Waals surface area contributed by atoms with Crippen molar-refractivity contribution in [2.75, 3.05) is 12.4 Å². The second-order valence-corrected chi connectivity index (χ2v) is 8.05. The number of rotatable bonds is 4. The van der Waals surface area contributed by atoms with Crippen molar-refractivity contribution in [3.8, 4) is 5.75 Å². The molecule has 0 spiro atoms. The molecule has 3 aromatic rings. The van der Waals surface area contributed by atoms with Gasteiger partial charge in [-0.15, -0.1) is 0 Å². The number of halogens is 3. The van der Waals surface area contributed by atoms with Gasteiger partial charge in [0, 0.05) is 17.8 Å². The van der Waals surface area contributed by atoms with Gasteiger partial charge in [-0.1, -0.05) is 26.8 Å². The number of hydrogen-bond acceptors (Lipinski definition) is 4. The lowest BCUT2D eigenvalue weighted by Gasteiger charge is -2.21. The maximum Gasteiger partial charge on any atom is 0.433 e. The first kappa shape index (κ1) is 22.3. The molecule has 2 aromatic heterocycles. The van der Waals surface area contributed by atoms with Crippen molar-refractivity contribution in [3.63, 3.8) is 0 Å². The minimum Gasteiger partial charge on any atom is -0.495 e. The predicted octanol–water partition coefficient (Wildman–Crippen LogP) is 5.01. The van der Waals surface area contributed by atoms with E-state index >= 15 is 0 Å². The fraction of sp³-hybridized carbons (Fsp3) is 0.318. The Morgan fingerprint density at radius 3 is 2.52 bits per heavy atom. The summed E-state index contributed by atoms with van der Waals surface area (Å²) in [6, 6.07) is 6.39. The monoisotopic (exact) mass is 432 g/mol. The fourth-order valence-corrected chi connectivity index (χ4v) is 3.08. The van der Waals surface area contributed by atoms with E-state index in [0.717, 1.165) is 22.3 Å². The minimum atomic E-state index is -4.58. The van der Waals surface area contributed by atoms with Crippen molar-refractivity contribution in [1.29, 1.82) is 0 Å². The molecule has 1 N–H and O–H groups in total. The molecule has 0 aliphatic rings. The average molecular weight is 432 g/mol. The zero-order chi connectivity index (χ0) is 23.0. The Bertz CT molecular complexity index is 1160. The van der Waals surface area contributed by atoms with Crippen molar-refractivity contribution in [2.24, 2.45) is 0 Å². The first-order chi connectivity index (χ1) is 14.4. The van der Waals surface area contributed by atoms with E-state index in [1.54, 1.807) is 13.0 Å². The number of benzene rings is 1. The summed E-state index contributed by atoms with van der Waals surface area (Å²) >= 11 is 0. The molecule has 0 unspecified atom stereocenters. The second kappa shape index (κ2) is 8.05. The number of ether oxygens (including phenoxy) is 1. The van der Waals surface area contributed by atoms with Gasteiger partial charge >= 0.3 is 6.18 Å². The van der Waals surface area contributed by atoms with E-state index in [4.69, 9.17) is 4.74 Å². The maximum atomic E-state index is 13.2. The molecule has 0 saturated carbocycles. The van der Waals surface area contributed by atoms with E-state index in [1.165, 1.54) is 19.3 Å². The van der Waals surface area contributed by atoms with Gasteiger partial charge in [0.25, 0.3) is 0 Å². The minimum absolute atomic E-state index is 0.0173. The van der Waals surface area contributed by atoms with Crippen LogP contribution in [-0.2, 0) is 16.4 Å². The summed E-state index contributed by atoms with van der Waals surface area (Å²) in [5.74, 6) is 0.0356. The van der Waals surface area contributed by atoms with Gasteiger partial charge in [-0.25, -0.2) is 9.50 Å². The Balaban J connectivity index is 1.91. The van der Waals surface area contributed by atoms with Crippen LogP contribution in [0.2, 0.25) is 0 Å². The van der Waals surface area contributed by atoms with E-state index in [2.05, 4.69) is 36.2 Å². The molecule has 0 fully saturated rings. The molecule has 3 rings (SSSR count). The number of carbonyl (C=O) groups excluding carboxylic acids is 1. The molecule has 0 radical (unpaired) electrons. The van der Waals surface area contributed by atoms with E-state index in [9.17, 15) is 18.0 Å². The highest BCUT2D eigenvalue weighted by atomic mass is 19.4. The summed E-state index contributed by atoms with van der Waals surface area (Å²) in [6.07, 6.45) is -0.873. The number of aryl methyl sites for hydroxylation is 1. The normalized spacial score (nSPS) is 12.5. The van der Waals surface area contributed by atoms with Crippen LogP contribution >= 0.6 is 0 Å². The average Bonchev–Trinajstić information content (AvgIpc) is 2.99. The van der Waals surface area contributed by atoms with Crippen molar-refractivity contribution in [3.05, 3.63) is 59.1 Å². The number of nitrogens with zero attached hydrogens (tertiary/aromatic N) is 3. The molecule has 2 heterocycles. The molecule has 1 amide bonds. The molecule has 1 aromatic carbocycles. The van der Waals surface area contributed by atoms with Crippen LogP contribution in [0, 0.1) is 6.92 Å². The summed E-state index contributed by atoms with van der Waals surface area (Å²) in [5.41, 5.74) is 1.11. The van der Waals surface area contributed by atoms with Gasteiger partial charge in [0.15, 0.2) is 5.65 Å². The van der Waals surface area contributed by atoms with Gasteiger partial charge < -0.3 is 10.1 Å². The highest BCUT2D eigenvalue weighted by molar-refractivity contribution is 6.03. The zero-order valence-corrected chi connectivity index (χ0v) is 17.8. The van der Waals surface area contributed by atoms with Gasteiger partial charge in [-0.2, -0.15) is 18.3 Å². The van der Waals surface area contributed by atoms with E-state index < -0.39 is 17.8 Å². The van der Waals surface area contributed by atoms with E-state index in [0.29, 0.717) is 22.7 Å². The number of aromatic nitrogens is 3. The van der Waals surface area contributed by atoms with Crippen LogP contribution in [0.5, 0.6) is 5.75 Å². The van der Waals surface area contributed by atoms with Gasteiger partial charge in [0.2, 0.25) is 5.91 Å². The Labute approximate surface area is 177 Å². The number of hydrogen-bond donors (Lipinski definition) is 1. The third-order valence-corrected chi connectivity index (χ3v) is 4.75. The highest BCUT2D eigenvalue weighted by Gasteiger charge is 2.34. The molecule has 0 saturated heterocycles. The number of methoxy groups -OCH3 is 1. The molecular weight excluding hydrogens is 409 g/mol. The molecular formula is C22H23F3N4O2. The second-order valence-electron chi connectivity index (χ2n) is 8.05. The Morgan fingerprint density at radius 2 is 1.90 bits per heavy atom. The number of amides is 1. The van der Waals surface area contributed by atoms with E-state index in [1.807, 2.05) is 12.1 Å². The van der Waals surface area contributed by atoms with Crippen LogP contribution in [0.15, 0.2) is 36.5 Å². The SMILES string of the molecule is COc1ccc(C(C)(C)C)cc1NC(=O)C=Cc1c(C)nn2c(C(F)(F)F)ccnc12. The fourth-order valence-electron chi connectivity index (χ4n) is 3.08. The number of nitrogens with one attached hydrogen (secondary N) is 1. The van der Waals surface area contributed by atoms with Gasteiger partial charge in [0.05, 0.1) is 18.5 Å². The highest BCUT2D eigenvalue weighted by Crippen LogP contribution is 2.32. The third kappa shape index (κ3) is 4.70. The van der Waals surface area contributed by atoms with Crippen molar-refractivity contribution in [1.82, 2.24) is 14.6 Å². The summed E-state index contributed by atoms with van der Waals surface area (Å²) in [6.45, 7) is 7.71. The Hall–Kier alpha value is -3.36. The smallest absolute Gasteiger partial charge is 0.433 e. The summed E-state index contributed by atoms with van der Waals surface area (Å²) in [7, 11) is 1.50. The topological polar surface area (TPSA) is 68.5 Å². The number of carbonyl (C=O) groups is 1. The zero-order valence-electron chi connectivity index (χ0n) is 17.8. The summed E-state index contributed by atoms with van der Waals surface area (Å²) < 4.78 is 45.7. The summed E-state index contributed by atoms with van der Waals surface area (Å²) in [4.78, 5) is 16.5. The van der Waals surface area contributed by atoms with Gasteiger partial charge in [-0.3, -0.25) is 4.79 Å². The Morgan fingerprint density at radius 1 is 1.19 bits per heavy atom. The molecule has 164 valence electrons. The molecule has 6 nitrogen and oxygen atoms in total. The molecule has 0 atom stereocenters. The molecule has 0 aliphatic carbocycles. The molecule has 31 heavy (non-hydrogen) atoms. The third-order valence-electron chi connectivity index (χ3n) is 4.75. The maximum absolute atomic E-state index is 13.2. The standard InChI is InChI=1S/C22H23F3N4O2/c1-13-15(20-26-11-10-18(22(23,24)25)29(20)28-13)7-9-19(30)27-16-12-14(21(2,3)4)6-8-17(16)31-5/h6-12H,1-5H3,(H,27,30). The van der Waals surface area contributed by atoms with Crippen LogP contribution in [0.25, 0.3) is 11.7 Å². The van der Waals surface area contributed by atoms with E-state index in [-0.39, 0.29) is 11.1 Å². The van der Waals surface area contributed by atoms with Gasteiger partial charge in [-0.05, 0) is 42.2 Å². The molecule has 0 aliphatic heterocycles. The lowest BCUT2D eigenvalue weighted by Crippen LogP contribution is -2.14.